The van der Waals surface area contributed by atoms with Crippen molar-refractivity contribution < 1.29 is 19.2 Å². The average molecular weight is 400 g/mol. The molecule has 0 aromatic heterocycles. The second-order valence-corrected chi connectivity index (χ2v) is 8.15. The summed E-state index contributed by atoms with van der Waals surface area (Å²) in [5.41, 5.74) is 1.93. The van der Waals surface area contributed by atoms with Crippen molar-refractivity contribution in [2.45, 2.75) is 13.3 Å². The van der Waals surface area contributed by atoms with Gasteiger partial charge in [0.25, 0.3) is 5.91 Å². The molecule has 30 heavy (non-hydrogen) atoms. The van der Waals surface area contributed by atoms with Crippen LogP contribution in [-0.2, 0) is 9.59 Å². The molecule has 2 aliphatic carbocycles. The van der Waals surface area contributed by atoms with E-state index >= 15 is 0 Å². The lowest BCUT2D eigenvalue weighted by molar-refractivity contribution is -0.123. The third kappa shape index (κ3) is 2.79. The summed E-state index contributed by atoms with van der Waals surface area (Å²) in [5.74, 6) is -0.855. The zero-order valence-electron chi connectivity index (χ0n) is 16.4. The number of imide groups is 1. The quantitative estimate of drug-likeness (QED) is 0.484. The van der Waals surface area contributed by atoms with Crippen LogP contribution in [-0.4, -0.2) is 23.5 Å². The predicted molar refractivity (Wildman–Crippen MR) is 111 cm³/mol. The minimum absolute atomic E-state index is 0.0798. The standard InChI is InChI=1S/C24H20N2O4/c1-13(27)15-3-2-4-18(12-15)25-22(28)14-7-9-19(10-8-14)26-23(29)20-16-5-6-17(11-16)21(20)24(26)30/h2-10,12,16-17,20-21H,11H2,1H3,(H,25,28)/t16-,17+,20-,21+. The summed E-state index contributed by atoms with van der Waals surface area (Å²) in [7, 11) is 0. The van der Waals surface area contributed by atoms with Crippen molar-refractivity contribution in [2.24, 2.45) is 23.7 Å². The molecule has 150 valence electrons. The van der Waals surface area contributed by atoms with Gasteiger partial charge in [-0.25, -0.2) is 0 Å². The Bertz CT molecular complexity index is 1090. The van der Waals surface area contributed by atoms with E-state index < -0.39 is 0 Å². The summed E-state index contributed by atoms with van der Waals surface area (Å²) >= 11 is 0. The van der Waals surface area contributed by atoms with E-state index in [-0.39, 0.29) is 47.2 Å². The van der Waals surface area contributed by atoms with E-state index in [1.165, 1.54) is 11.8 Å². The number of Topliss-reactive ketones (excluding diaryl/α,β-unsaturated/α-hetero) is 1. The van der Waals surface area contributed by atoms with Crippen LogP contribution < -0.4 is 10.2 Å². The molecule has 2 bridgehead atoms. The first-order valence-electron chi connectivity index (χ1n) is 10.0. The van der Waals surface area contributed by atoms with Crippen LogP contribution in [0.25, 0.3) is 0 Å². The van der Waals surface area contributed by atoms with Gasteiger partial charge in [0, 0.05) is 16.8 Å². The minimum atomic E-state index is -0.333. The number of anilines is 2. The highest BCUT2D eigenvalue weighted by atomic mass is 16.2. The summed E-state index contributed by atoms with van der Waals surface area (Å²) in [6.45, 7) is 1.47. The molecule has 1 heterocycles. The number of fused-ring (bicyclic) bond motifs is 5. The number of nitrogens with one attached hydrogen (secondary N) is 1. The summed E-state index contributed by atoms with van der Waals surface area (Å²) < 4.78 is 0. The fourth-order valence-electron chi connectivity index (χ4n) is 4.94. The van der Waals surface area contributed by atoms with Gasteiger partial charge in [-0.15, -0.1) is 0 Å². The van der Waals surface area contributed by atoms with Crippen LogP contribution in [0.1, 0.15) is 34.1 Å². The molecular weight excluding hydrogens is 380 g/mol. The lowest BCUT2D eigenvalue weighted by Crippen LogP contribution is -2.32. The Balaban J connectivity index is 1.33. The molecule has 2 aromatic carbocycles. The van der Waals surface area contributed by atoms with Crippen molar-refractivity contribution in [1.82, 2.24) is 0 Å². The van der Waals surface area contributed by atoms with Crippen molar-refractivity contribution >= 4 is 34.9 Å². The average Bonchev–Trinajstić information content (AvgIpc) is 3.42. The number of amides is 3. The highest BCUT2D eigenvalue weighted by Gasteiger charge is 2.59. The largest absolute Gasteiger partial charge is 0.322 e. The first-order valence-corrected chi connectivity index (χ1v) is 10.0. The summed E-state index contributed by atoms with van der Waals surface area (Å²) in [6, 6.07) is 13.2. The van der Waals surface area contributed by atoms with Crippen molar-refractivity contribution in [3.63, 3.8) is 0 Å². The fraction of sp³-hybridized carbons (Fsp3) is 0.250. The van der Waals surface area contributed by atoms with E-state index in [9.17, 15) is 19.2 Å². The van der Waals surface area contributed by atoms with Gasteiger partial charge in [-0.05, 0) is 61.6 Å². The maximum atomic E-state index is 12.9. The van der Waals surface area contributed by atoms with Crippen LogP contribution in [0.5, 0.6) is 0 Å². The molecule has 1 saturated heterocycles. The highest BCUT2D eigenvalue weighted by molar-refractivity contribution is 6.23. The van der Waals surface area contributed by atoms with Crippen molar-refractivity contribution in [2.75, 3.05) is 10.2 Å². The number of hydrogen-bond acceptors (Lipinski definition) is 4. The van der Waals surface area contributed by atoms with Crippen molar-refractivity contribution in [3.05, 3.63) is 71.8 Å². The topological polar surface area (TPSA) is 83.6 Å². The molecular formula is C24H20N2O4. The molecule has 0 spiro atoms. The minimum Gasteiger partial charge on any atom is -0.322 e. The SMILES string of the molecule is CC(=O)c1cccc(NC(=O)c2ccc(N3C(=O)[C@@H]4[C@H](C3=O)[C@@H]3C=C[C@H]4C3)cc2)c1. The maximum absolute atomic E-state index is 12.9. The normalized spacial score (nSPS) is 26.2. The van der Waals surface area contributed by atoms with Gasteiger partial charge in [0.1, 0.15) is 0 Å². The van der Waals surface area contributed by atoms with Crippen LogP contribution in [0.3, 0.4) is 0 Å². The fourth-order valence-corrected chi connectivity index (χ4v) is 4.94. The summed E-state index contributed by atoms with van der Waals surface area (Å²) in [6.07, 6.45) is 5.02. The van der Waals surface area contributed by atoms with Gasteiger partial charge in [-0.1, -0.05) is 24.3 Å². The van der Waals surface area contributed by atoms with Gasteiger partial charge in [0.15, 0.2) is 5.78 Å². The molecule has 3 amide bonds. The zero-order chi connectivity index (χ0) is 21.0. The van der Waals surface area contributed by atoms with Gasteiger partial charge in [-0.3, -0.25) is 24.1 Å². The smallest absolute Gasteiger partial charge is 0.255 e. The molecule has 1 aliphatic heterocycles. The zero-order valence-corrected chi connectivity index (χ0v) is 16.4. The van der Waals surface area contributed by atoms with Crippen LogP contribution in [0.15, 0.2) is 60.7 Å². The molecule has 2 aromatic rings. The molecule has 4 atom stereocenters. The Morgan fingerprint density at radius 3 is 2.13 bits per heavy atom. The molecule has 1 N–H and O–H groups in total. The number of rotatable bonds is 4. The molecule has 5 rings (SSSR count). The van der Waals surface area contributed by atoms with Gasteiger partial charge >= 0.3 is 0 Å². The monoisotopic (exact) mass is 400 g/mol. The van der Waals surface area contributed by atoms with Crippen molar-refractivity contribution in [3.8, 4) is 0 Å². The molecule has 2 fully saturated rings. The van der Waals surface area contributed by atoms with Crippen LogP contribution >= 0.6 is 0 Å². The second-order valence-electron chi connectivity index (χ2n) is 8.15. The van der Waals surface area contributed by atoms with E-state index in [1.807, 2.05) is 0 Å². The molecule has 6 heteroatoms. The number of carbonyl (C=O) groups is 4. The van der Waals surface area contributed by atoms with Crippen molar-refractivity contribution in [1.29, 1.82) is 0 Å². The number of carbonyl (C=O) groups excluding carboxylic acids is 4. The highest BCUT2D eigenvalue weighted by Crippen LogP contribution is 2.53. The lowest BCUT2D eigenvalue weighted by atomic mass is 9.85. The molecule has 6 nitrogen and oxygen atoms in total. The van der Waals surface area contributed by atoms with Crippen LogP contribution in [0.4, 0.5) is 11.4 Å². The lowest BCUT2D eigenvalue weighted by Gasteiger charge is -2.17. The maximum Gasteiger partial charge on any atom is 0.255 e. The van der Waals surface area contributed by atoms with Crippen LogP contribution in [0, 0.1) is 23.7 Å². The summed E-state index contributed by atoms with van der Waals surface area (Å²) in [5, 5.41) is 2.77. The number of hydrogen-bond donors (Lipinski definition) is 1. The number of ketones is 1. The van der Waals surface area contributed by atoms with Gasteiger partial charge in [0.2, 0.25) is 11.8 Å². The second kappa shape index (κ2) is 6.76. The number of benzene rings is 2. The van der Waals surface area contributed by atoms with E-state index in [0.29, 0.717) is 22.5 Å². The Kier molecular flexibility index (Phi) is 4.17. The van der Waals surface area contributed by atoms with Crippen LogP contribution in [0.2, 0.25) is 0 Å². The molecule has 1 saturated carbocycles. The Labute approximate surface area is 173 Å². The third-order valence-electron chi connectivity index (χ3n) is 6.39. The molecule has 0 radical (unpaired) electrons. The van der Waals surface area contributed by atoms with Gasteiger partial charge in [-0.2, -0.15) is 0 Å². The molecule has 0 unspecified atom stereocenters. The van der Waals surface area contributed by atoms with Gasteiger partial charge < -0.3 is 5.32 Å². The summed E-state index contributed by atoms with van der Waals surface area (Å²) in [4.78, 5) is 51.1. The van der Waals surface area contributed by atoms with E-state index in [2.05, 4.69) is 17.5 Å². The van der Waals surface area contributed by atoms with E-state index in [4.69, 9.17) is 0 Å². The Morgan fingerprint density at radius 1 is 0.900 bits per heavy atom. The molecule has 3 aliphatic rings. The number of allylic oxidation sites excluding steroid dienone is 2. The predicted octanol–water partition coefficient (Wildman–Crippen LogP) is 3.45. The van der Waals surface area contributed by atoms with E-state index in [0.717, 1.165) is 6.42 Å². The first kappa shape index (κ1) is 18.5. The first-order chi connectivity index (χ1) is 14.4. The third-order valence-corrected chi connectivity index (χ3v) is 6.39. The Morgan fingerprint density at radius 2 is 1.53 bits per heavy atom. The Hall–Kier alpha value is -3.54. The number of nitrogens with zero attached hydrogens (tertiary/aromatic N) is 1. The van der Waals surface area contributed by atoms with E-state index in [1.54, 1.807) is 48.5 Å². The van der Waals surface area contributed by atoms with Gasteiger partial charge in [0.05, 0.1) is 17.5 Å².